The number of benzene rings is 1. The summed E-state index contributed by atoms with van der Waals surface area (Å²) in [6.45, 7) is 6.77. The van der Waals surface area contributed by atoms with Crippen LogP contribution in [0.25, 0.3) is 11.6 Å². The van der Waals surface area contributed by atoms with Crippen molar-refractivity contribution in [2.75, 3.05) is 32.5 Å². The number of thioether (sulfide) groups is 1. The summed E-state index contributed by atoms with van der Waals surface area (Å²) in [6, 6.07) is 6.13. The van der Waals surface area contributed by atoms with Gasteiger partial charge in [0, 0.05) is 31.3 Å². The average molecular weight is 468 g/mol. The summed E-state index contributed by atoms with van der Waals surface area (Å²) in [4.78, 5) is 18.5. The van der Waals surface area contributed by atoms with Crippen molar-refractivity contribution in [1.82, 2.24) is 24.6 Å². The van der Waals surface area contributed by atoms with E-state index in [1.165, 1.54) is 18.4 Å². The molecular formula is C24H29N5O3S. The van der Waals surface area contributed by atoms with Gasteiger partial charge in [-0.15, -0.1) is 10.2 Å². The maximum absolute atomic E-state index is 11.8. The van der Waals surface area contributed by atoms with Gasteiger partial charge in [0.05, 0.1) is 18.4 Å². The lowest BCUT2D eigenvalue weighted by molar-refractivity contribution is 0.101. The third-order valence-corrected chi connectivity index (χ3v) is 8.11. The van der Waals surface area contributed by atoms with Crippen molar-refractivity contribution in [3.05, 3.63) is 41.4 Å². The van der Waals surface area contributed by atoms with Crippen LogP contribution in [0.3, 0.4) is 0 Å². The topological polar surface area (TPSA) is 86.3 Å². The van der Waals surface area contributed by atoms with Crippen LogP contribution in [0.15, 0.2) is 34.2 Å². The van der Waals surface area contributed by atoms with Crippen molar-refractivity contribution in [3.8, 4) is 17.3 Å². The van der Waals surface area contributed by atoms with Crippen LogP contribution in [0.1, 0.15) is 41.4 Å². The molecule has 1 aromatic carbocycles. The highest BCUT2D eigenvalue weighted by Gasteiger charge is 2.60. The number of Topliss-reactive ketones (excluding diaryl/α,β-unsaturated/α-hetero) is 1. The fourth-order valence-electron chi connectivity index (χ4n) is 5.10. The first kappa shape index (κ1) is 22.2. The standard InChI is InChI=1S/C24H29N5O3S/c1-15-21(32-14-25-15)22-26-27-23(28(22)3)33-9-5-8-29-12-18-11-24(18,13-29)17-6-7-19(16(2)30)20(10-17)31-4/h6-7,10,14,18H,5,8-9,11-13H2,1-4H3/t18-,24-/m0/s1. The van der Waals surface area contributed by atoms with Crippen LogP contribution in [0.4, 0.5) is 0 Å². The average Bonchev–Trinajstić information content (AvgIpc) is 3.10. The summed E-state index contributed by atoms with van der Waals surface area (Å²) in [5.41, 5.74) is 3.01. The normalized spacial score (nSPS) is 21.9. The number of piperidine rings is 1. The molecule has 1 aliphatic carbocycles. The Kier molecular flexibility index (Phi) is 5.78. The Morgan fingerprint density at radius 2 is 2.21 bits per heavy atom. The predicted molar refractivity (Wildman–Crippen MR) is 126 cm³/mol. The molecule has 0 unspecified atom stereocenters. The number of methoxy groups -OCH3 is 1. The number of ketones is 1. The van der Waals surface area contributed by atoms with Crippen molar-refractivity contribution in [1.29, 1.82) is 0 Å². The number of carbonyl (C=O) groups excluding carboxylic acids is 1. The SMILES string of the molecule is COc1cc([C@@]23C[C@H]2CN(CCCSc2nnc(-c4ocnc4C)n2C)C3)ccc1C(C)=O. The largest absolute Gasteiger partial charge is 0.496 e. The molecule has 2 fully saturated rings. The highest BCUT2D eigenvalue weighted by molar-refractivity contribution is 7.99. The van der Waals surface area contributed by atoms with Crippen LogP contribution in [-0.4, -0.2) is 62.9 Å². The number of likely N-dealkylation sites (tertiary alicyclic amines) is 1. The summed E-state index contributed by atoms with van der Waals surface area (Å²) in [7, 11) is 3.60. The molecule has 9 heteroatoms. The lowest BCUT2D eigenvalue weighted by Crippen LogP contribution is -2.28. The van der Waals surface area contributed by atoms with E-state index in [0.717, 1.165) is 42.7 Å². The van der Waals surface area contributed by atoms with Gasteiger partial charge in [-0.1, -0.05) is 17.8 Å². The van der Waals surface area contributed by atoms with Crippen LogP contribution in [0.2, 0.25) is 0 Å². The lowest BCUT2D eigenvalue weighted by Gasteiger charge is -2.21. The highest BCUT2D eigenvalue weighted by atomic mass is 32.2. The van der Waals surface area contributed by atoms with Gasteiger partial charge in [-0.05, 0) is 56.8 Å². The molecule has 33 heavy (non-hydrogen) atoms. The maximum Gasteiger partial charge on any atom is 0.202 e. The molecule has 3 heterocycles. The van der Waals surface area contributed by atoms with Gasteiger partial charge in [-0.25, -0.2) is 4.98 Å². The van der Waals surface area contributed by atoms with Gasteiger partial charge in [0.25, 0.3) is 0 Å². The van der Waals surface area contributed by atoms with E-state index in [0.29, 0.717) is 28.8 Å². The van der Waals surface area contributed by atoms with Crippen molar-refractivity contribution in [2.24, 2.45) is 13.0 Å². The zero-order valence-electron chi connectivity index (χ0n) is 19.5. The number of nitrogens with zero attached hydrogens (tertiary/aromatic N) is 5. The summed E-state index contributed by atoms with van der Waals surface area (Å²) in [5, 5.41) is 9.50. The van der Waals surface area contributed by atoms with Crippen molar-refractivity contribution in [3.63, 3.8) is 0 Å². The molecule has 0 spiro atoms. The van der Waals surface area contributed by atoms with E-state index in [1.54, 1.807) is 25.8 Å². The van der Waals surface area contributed by atoms with Crippen molar-refractivity contribution >= 4 is 17.5 Å². The van der Waals surface area contributed by atoms with Gasteiger partial charge >= 0.3 is 0 Å². The molecule has 0 N–H and O–H groups in total. The molecule has 0 amide bonds. The Bertz CT molecular complexity index is 1190. The highest BCUT2D eigenvalue weighted by Crippen LogP contribution is 2.59. The Balaban J connectivity index is 1.15. The maximum atomic E-state index is 11.8. The lowest BCUT2D eigenvalue weighted by atomic mass is 9.93. The number of aromatic nitrogens is 4. The third kappa shape index (κ3) is 3.97. The first-order valence-corrected chi connectivity index (χ1v) is 12.3. The summed E-state index contributed by atoms with van der Waals surface area (Å²) in [6.07, 6.45) is 3.75. The zero-order chi connectivity index (χ0) is 23.2. The molecule has 3 aromatic rings. The van der Waals surface area contributed by atoms with E-state index in [9.17, 15) is 4.79 Å². The number of ether oxygens (including phenoxy) is 1. The van der Waals surface area contributed by atoms with E-state index < -0.39 is 0 Å². The molecule has 174 valence electrons. The van der Waals surface area contributed by atoms with Gasteiger partial charge in [-0.2, -0.15) is 0 Å². The Morgan fingerprint density at radius 3 is 2.94 bits per heavy atom. The van der Waals surface area contributed by atoms with Gasteiger partial charge in [0.2, 0.25) is 5.82 Å². The minimum atomic E-state index is 0.0415. The number of carbonyl (C=O) groups is 1. The van der Waals surface area contributed by atoms with Gasteiger partial charge < -0.3 is 18.6 Å². The molecule has 1 aliphatic heterocycles. The Labute approximate surface area is 197 Å². The molecule has 1 saturated heterocycles. The number of aryl methyl sites for hydroxylation is 1. The molecule has 2 atom stereocenters. The predicted octanol–water partition coefficient (Wildman–Crippen LogP) is 3.75. The number of fused-ring (bicyclic) bond motifs is 1. The van der Waals surface area contributed by atoms with E-state index in [-0.39, 0.29) is 11.2 Å². The van der Waals surface area contributed by atoms with Gasteiger partial charge in [0.1, 0.15) is 5.75 Å². The quantitative estimate of drug-likeness (QED) is 0.267. The molecule has 5 rings (SSSR count). The second kappa shape index (κ2) is 8.61. The smallest absolute Gasteiger partial charge is 0.202 e. The van der Waals surface area contributed by atoms with E-state index in [1.807, 2.05) is 24.6 Å². The molecule has 2 aromatic heterocycles. The first-order valence-electron chi connectivity index (χ1n) is 11.3. The van der Waals surface area contributed by atoms with Crippen LogP contribution in [0.5, 0.6) is 5.75 Å². The van der Waals surface area contributed by atoms with E-state index in [2.05, 4.69) is 32.2 Å². The van der Waals surface area contributed by atoms with Crippen LogP contribution in [-0.2, 0) is 12.5 Å². The first-order chi connectivity index (χ1) is 15.9. The number of hydrogen-bond donors (Lipinski definition) is 0. The number of hydrogen-bond acceptors (Lipinski definition) is 8. The Morgan fingerprint density at radius 1 is 1.36 bits per heavy atom. The summed E-state index contributed by atoms with van der Waals surface area (Å²) >= 11 is 1.72. The molecule has 0 bridgehead atoms. The van der Waals surface area contributed by atoms with Crippen molar-refractivity contribution in [2.45, 2.75) is 37.3 Å². The fraction of sp³-hybridized carbons (Fsp3) is 0.500. The number of oxazole rings is 1. The van der Waals surface area contributed by atoms with E-state index in [4.69, 9.17) is 9.15 Å². The van der Waals surface area contributed by atoms with Gasteiger partial charge in [-0.3, -0.25) is 4.79 Å². The minimum Gasteiger partial charge on any atom is -0.496 e. The molecule has 2 aliphatic rings. The Hall–Kier alpha value is -2.65. The second-order valence-electron chi connectivity index (χ2n) is 9.10. The number of rotatable bonds is 9. The van der Waals surface area contributed by atoms with Crippen LogP contribution in [0, 0.1) is 12.8 Å². The third-order valence-electron chi connectivity index (χ3n) is 7.01. The minimum absolute atomic E-state index is 0.0415. The monoisotopic (exact) mass is 467 g/mol. The molecule has 1 saturated carbocycles. The molecular weight excluding hydrogens is 438 g/mol. The van der Waals surface area contributed by atoms with Crippen LogP contribution < -0.4 is 4.74 Å². The zero-order valence-corrected chi connectivity index (χ0v) is 20.3. The summed E-state index contributed by atoms with van der Waals surface area (Å²) < 4.78 is 12.9. The van der Waals surface area contributed by atoms with Crippen molar-refractivity contribution < 1.29 is 13.9 Å². The second-order valence-corrected chi connectivity index (χ2v) is 10.2. The fourth-order valence-corrected chi connectivity index (χ4v) is 5.94. The molecule has 8 nitrogen and oxygen atoms in total. The van der Waals surface area contributed by atoms with Crippen LogP contribution >= 0.6 is 11.8 Å². The van der Waals surface area contributed by atoms with Gasteiger partial charge in [0.15, 0.2) is 23.1 Å². The van der Waals surface area contributed by atoms with E-state index >= 15 is 0 Å². The molecule has 0 radical (unpaired) electrons. The summed E-state index contributed by atoms with van der Waals surface area (Å²) in [5.74, 6) is 3.80.